The van der Waals surface area contributed by atoms with Crippen LogP contribution in [0.2, 0.25) is 0 Å². The van der Waals surface area contributed by atoms with Crippen molar-refractivity contribution < 1.29 is 9.47 Å². The van der Waals surface area contributed by atoms with Crippen molar-refractivity contribution in [2.24, 2.45) is 0 Å². The van der Waals surface area contributed by atoms with Crippen molar-refractivity contribution in [3.05, 3.63) is 65.7 Å². The predicted octanol–water partition coefficient (Wildman–Crippen LogP) is 4.45. The SMILES string of the molecule is CCOC(=N)CCCOc1ccc(Cc2ccccc2)cc1. The third-order valence-corrected chi connectivity index (χ3v) is 3.31. The molecule has 3 nitrogen and oxygen atoms in total. The van der Waals surface area contributed by atoms with Gasteiger partial charge in [-0.25, -0.2) is 0 Å². The van der Waals surface area contributed by atoms with Gasteiger partial charge in [-0.3, -0.25) is 5.41 Å². The van der Waals surface area contributed by atoms with Gasteiger partial charge in [0.25, 0.3) is 0 Å². The van der Waals surface area contributed by atoms with Crippen molar-refractivity contribution in [3.8, 4) is 5.75 Å². The van der Waals surface area contributed by atoms with E-state index in [-0.39, 0.29) is 0 Å². The van der Waals surface area contributed by atoms with Gasteiger partial charge in [0.1, 0.15) is 5.75 Å². The monoisotopic (exact) mass is 297 g/mol. The maximum Gasteiger partial charge on any atom is 0.180 e. The van der Waals surface area contributed by atoms with Crippen LogP contribution in [0.3, 0.4) is 0 Å². The number of hydrogen-bond acceptors (Lipinski definition) is 3. The zero-order valence-electron chi connectivity index (χ0n) is 13.0. The second-order valence-electron chi connectivity index (χ2n) is 5.11. The van der Waals surface area contributed by atoms with Crippen LogP contribution in [-0.4, -0.2) is 19.1 Å². The molecule has 2 aromatic rings. The van der Waals surface area contributed by atoms with Crippen LogP contribution in [0.25, 0.3) is 0 Å². The van der Waals surface area contributed by atoms with Crippen LogP contribution in [-0.2, 0) is 11.2 Å². The fraction of sp³-hybridized carbons (Fsp3) is 0.316. The minimum Gasteiger partial charge on any atom is -0.494 e. The molecule has 0 spiro atoms. The van der Waals surface area contributed by atoms with Crippen LogP contribution in [0.15, 0.2) is 54.6 Å². The van der Waals surface area contributed by atoms with Gasteiger partial charge in [0, 0.05) is 6.42 Å². The minimum atomic E-state index is 0.337. The zero-order chi connectivity index (χ0) is 15.6. The maximum absolute atomic E-state index is 7.53. The van der Waals surface area contributed by atoms with Gasteiger partial charge in [0.05, 0.1) is 13.2 Å². The Balaban J connectivity index is 1.74. The Bertz CT molecular complexity index is 564. The summed E-state index contributed by atoms with van der Waals surface area (Å²) in [6.45, 7) is 3.05. The number of hydrogen-bond donors (Lipinski definition) is 1. The van der Waals surface area contributed by atoms with E-state index < -0.39 is 0 Å². The minimum absolute atomic E-state index is 0.337. The van der Waals surface area contributed by atoms with Gasteiger partial charge in [-0.2, -0.15) is 0 Å². The van der Waals surface area contributed by atoms with E-state index in [1.54, 1.807) is 0 Å². The summed E-state index contributed by atoms with van der Waals surface area (Å²) >= 11 is 0. The van der Waals surface area contributed by atoms with Gasteiger partial charge >= 0.3 is 0 Å². The highest BCUT2D eigenvalue weighted by Gasteiger charge is 2.00. The Morgan fingerprint density at radius 3 is 2.32 bits per heavy atom. The van der Waals surface area contributed by atoms with Crippen LogP contribution in [0, 0.1) is 5.41 Å². The number of nitrogens with one attached hydrogen (secondary N) is 1. The van der Waals surface area contributed by atoms with E-state index in [1.165, 1.54) is 11.1 Å². The zero-order valence-corrected chi connectivity index (χ0v) is 13.0. The van der Waals surface area contributed by atoms with Crippen LogP contribution in [0.1, 0.15) is 30.9 Å². The number of rotatable bonds is 8. The summed E-state index contributed by atoms with van der Waals surface area (Å²) in [6.07, 6.45) is 2.36. The average molecular weight is 297 g/mol. The van der Waals surface area contributed by atoms with E-state index in [0.29, 0.717) is 25.5 Å². The van der Waals surface area contributed by atoms with Crippen LogP contribution in [0.4, 0.5) is 0 Å². The molecular formula is C19H23NO2. The van der Waals surface area contributed by atoms with Crippen molar-refractivity contribution in [2.75, 3.05) is 13.2 Å². The van der Waals surface area contributed by atoms with Crippen molar-refractivity contribution >= 4 is 5.90 Å². The molecule has 0 fully saturated rings. The molecule has 2 aromatic carbocycles. The quantitative estimate of drug-likeness (QED) is 0.444. The molecule has 0 aliphatic rings. The molecule has 0 amide bonds. The lowest BCUT2D eigenvalue weighted by molar-refractivity contribution is 0.289. The van der Waals surface area contributed by atoms with E-state index in [9.17, 15) is 0 Å². The van der Waals surface area contributed by atoms with E-state index in [0.717, 1.165) is 18.6 Å². The first kappa shape index (κ1) is 16.1. The van der Waals surface area contributed by atoms with Gasteiger partial charge in [-0.1, -0.05) is 42.5 Å². The molecule has 2 rings (SSSR count). The molecule has 0 bridgehead atoms. The molecule has 116 valence electrons. The molecule has 0 unspecified atom stereocenters. The van der Waals surface area contributed by atoms with Crippen LogP contribution >= 0.6 is 0 Å². The highest BCUT2D eigenvalue weighted by Crippen LogP contribution is 2.15. The summed E-state index contributed by atoms with van der Waals surface area (Å²) in [5.74, 6) is 1.21. The van der Waals surface area contributed by atoms with Crippen molar-refractivity contribution in [2.45, 2.75) is 26.2 Å². The summed E-state index contributed by atoms with van der Waals surface area (Å²) in [5.41, 5.74) is 2.59. The second kappa shape index (κ2) is 8.88. The molecule has 22 heavy (non-hydrogen) atoms. The van der Waals surface area contributed by atoms with Crippen LogP contribution < -0.4 is 4.74 Å². The lowest BCUT2D eigenvalue weighted by Gasteiger charge is -2.08. The molecular weight excluding hydrogens is 274 g/mol. The topological polar surface area (TPSA) is 42.3 Å². The molecule has 0 aliphatic carbocycles. The Hall–Kier alpha value is -2.29. The molecule has 0 saturated carbocycles. The Labute approximate surface area is 132 Å². The molecule has 0 saturated heterocycles. The third kappa shape index (κ3) is 5.60. The lowest BCUT2D eigenvalue weighted by atomic mass is 10.1. The Kier molecular flexibility index (Phi) is 6.49. The van der Waals surface area contributed by atoms with Crippen molar-refractivity contribution in [1.29, 1.82) is 5.41 Å². The fourth-order valence-corrected chi connectivity index (χ4v) is 2.20. The van der Waals surface area contributed by atoms with Gasteiger partial charge < -0.3 is 9.47 Å². The summed E-state index contributed by atoms with van der Waals surface area (Å²) in [5, 5.41) is 7.53. The molecule has 0 aromatic heterocycles. The van der Waals surface area contributed by atoms with E-state index in [2.05, 4.69) is 36.4 Å². The number of benzene rings is 2. The lowest BCUT2D eigenvalue weighted by Crippen LogP contribution is -2.06. The molecule has 0 heterocycles. The predicted molar refractivity (Wildman–Crippen MR) is 89.8 cm³/mol. The first-order valence-corrected chi connectivity index (χ1v) is 7.74. The molecule has 0 radical (unpaired) electrons. The Morgan fingerprint density at radius 2 is 1.64 bits per heavy atom. The highest BCUT2D eigenvalue weighted by molar-refractivity contribution is 5.72. The first-order chi connectivity index (χ1) is 10.8. The summed E-state index contributed by atoms with van der Waals surface area (Å²) in [7, 11) is 0. The summed E-state index contributed by atoms with van der Waals surface area (Å²) in [6, 6.07) is 18.6. The average Bonchev–Trinajstić information content (AvgIpc) is 2.54. The van der Waals surface area contributed by atoms with Gasteiger partial charge in [0.2, 0.25) is 0 Å². The van der Waals surface area contributed by atoms with Crippen molar-refractivity contribution in [1.82, 2.24) is 0 Å². The largest absolute Gasteiger partial charge is 0.494 e. The standard InChI is InChI=1S/C19H23NO2/c1-2-21-19(20)9-6-14-22-18-12-10-17(11-13-18)15-16-7-4-3-5-8-16/h3-5,7-8,10-13,20H,2,6,9,14-15H2,1H3. The first-order valence-electron chi connectivity index (χ1n) is 7.74. The molecule has 3 heteroatoms. The highest BCUT2D eigenvalue weighted by atomic mass is 16.5. The van der Waals surface area contributed by atoms with E-state index >= 15 is 0 Å². The fourth-order valence-electron chi connectivity index (χ4n) is 2.20. The molecule has 0 aliphatic heterocycles. The van der Waals surface area contributed by atoms with E-state index in [4.69, 9.17) is 14.9 Å². The molecule has 1 N–H and O–H groups in total. The second-order valence-corrected chi connectivity index (χ2v) is 5.11. The Morgan fingerprint density at radius 1 is 0.955 bits per heavy atom. The van der Waals surface area contributed by atoms with Crippen molar-refractivity contribution in [3.63, 3.8) is 0 Å². The van der Waals surface area contributed by atoms with Gasteiger partial charge in [-0.15, -0.1) is 0 Å². The molecule has 0 atom stereocenters. The van der Waals surface area contributed by atoms with Gasteiger partial charge in [-0.05, 0) is 43.0 Å². The summed E-state index contributed by atoms with van der Waals surface area (Å²) < 4.78 is 10.8. The van der Waals surface area contributed by atoms with Gasteiger partial charge in [0.15, 0.2) is 5.90 Å². The smallest absolute Gasteiger partial charge is 0.180 e. The normalized spacial score (nSPS) is 10.2. The van der Waals surface area contributed by atoms with E-state index in [1.807, 2.05) is 25.1 Å². The maximum atomic E-state index is 7.53. The van der Waals surface area contributed by atoms with Crippen LogP contribution in [0.5, 0.6) is 5.75 Å². The number of ether oxygens (including phenoxy) is 2. The third-order valence-electron chi connectivity index (χ3n) is 3.31. The summed E-state index contributed by atoms with van der Waals surface area (Å²) in [4.78, 5) is 0.